The Balaban J connectivity index is 1.86. The third kappa shape index (κ3) is 3.73. The van der Waals surface area contributed by atoms with Crippen LogP contribution in [-0.2, 0) is 16.4 Å². The fourth-order valence-electron chi connectivity index (χ4n) is 3.08. The second kappa shape index (κ2) is 7.26. The number of benzene rings is 2. The Bertz CT molecular complexity index is 779. The van der Waals surface area contributed by atoms with Crippen LogP contribution in [-0.4, -0.2) is 21.5 Å². The van der Waals surface area contributed by atoms with Gasteiger partial charge in [-0.3, -0.25) is 4.72 Å². The molecule has 0 unspecified atom stereocenters. The van der Waals surface area contributed by atoms with E-state index in [9.17, 15) is 8.42 Å². The van der Waals surface area contributed by atoms with Crippen LogP contribution < -0.4 is 9.62 Å². The number of nitrogens with zero attached hydrogens (tertiary/aromatic N) is 1. The molecular formula is C19H24N2O2S. The van der Waals surface area contributed by atoms with Crippen LogP contribution in [0.4, 0.5) is 11.4 Å². The maximum atomic E-state index is 12.7. The third-order valence-corrected chi connectivity index (χ3v) is 5.87. The molecule has 5 heteroatoms. The molecular weight excluding hydrogens is 320 g/mol. The van der Waals surface area contributed by atoms with E-state index in [1.54, 1.807) is 12.1 Å². The molecule has 0 amide bonds. The van der Waals surface area contributed by atoms with Gasteiger partial charge in [0.2, 0.25) is 0 Å². The number of aryl methyl sites for hydroxylation is 1. The Morgan fingerprint density at radius 1 is 0.958 bits per heavy atom. The van der Waals surface area contributed by atoms with Crippen LogP contribution in [0.1, 0.15) is 31.7 Å². The summed E-state index contributed by atoms with van der Waals surface area (Å²) in [5.41, 5.74) is 2.74. The lowest BCUT2D eigenvalue weighted by atomic mass is 10.1. The molecule has 24 heavy (non-hydrogen) atoms. The number of para-hydroxylation sites is 2. The fraction of sp³-hybridized carbons (Fsp3) is 0.368. The zero-order chi connectivity index (χ0) is 17.0. The molecule has 1 saturated heterocycles. The molecule has 4 nitrogen and oxygen atoms in total. The summed E-state index contributed by atoms with van der Waals surface area (Å²) in [5.74, 6) is 0. The SMILES string of the molecule is CCc1ccc(S(=O)(=O)Nc2ccccc2N2CCCCC2)cc1. The summed E-state index contributed by atoms with van der Waals surface area (Å²) in [6, 6.07) is 14.7. The predicted octanol–water partition coefficient (Wildman–Crippen LogP) is 4.04. The molecule has 1 fully saturated rings. The van der Waals surface area contributed by atoms with Crippen LogP contribution in [0.5, 0.6) is 0 Å². The average molecular weight is 344 g/mol. The number of anilines is 2. The molecule has 0 aliphatic carbocycles. The van der Waals surface area contributed by atoms with Crippen LogP contribution >= 0.6 is 0 Å². The van der Waals surface area contributed by atoms with Gasteiger partial charge in [-0.25, -0.2) is 8.42 Å². The molecule has 0 saturated carbocycles. The topological polar surface area (TPSA) is 49.4 Å². The Morgan fingerprint density at radius 2 is 1.62 bits per heavy atom. The van der Waals surface area contributed by atoms with Gasteiger partial charge in [-0.1, -0.05) is 31.2 Å². The van der Waals surface area contributed by atoms with Gasteiger partial charge in [-0.05, 0) is 55.5 Å². The number of rotatable bonds is 5. The minimum atomic E-state index is -3.58. The van der Waals surface area contributed by atoms with Crippen molar-refractivity contribution in [3.05, 3.63) is 54.1 Å². The Hall–Kier alpha value is -2.01. The molecule has 128 valence electrons. The van der Waals surface area contributed by atoms with E-state index in [-0.39, 0.29) is 0 Å². The highest BCUT2D eigenvalue weighted by atomic mass is 32.2. The first-order valence-corrected chi connectivity index (χ1v) is 10.0. The van der Waals surface area contributed by atoms with Crippen LogP contribution in [0.2, 0.25) is 0 Å². The Morgan fingerprint density at radius 3 is 2.29 bits per heavy atom. The van der Waals surface area contributed by atoms with Crippen LogP contribution in [0, 0.1) is 0 Å². The highest BCUT2D eigenvalue weighted by Gasteiger charge is 2.19. The molecule has 0 radical (unpaired) electrons. The van der Waals surface area contributed by atoms with Crippen molar-refractivity contribution < 1.29 is 8.42 Å². The maximum absolute atomic E-state index is 12.7. The summed E-state index contributed by atoms with van der Waals surface area (Å²) in [6.07, 6.45) is 4.44. The Kier molecular flexibility index (Phi) is 5.09. The molecule has 1 heterocycles. The van der Waals surface area contributed by atoms with E-state index in [0.29, 0.717) is 10.6 Å². The lowest BCUT2D eigenvalue weighted by Gasteiger charge is -2.30. The van der Waals surface area contributed by atoms with Gasteiger partial charge in [-0.2, -0.15) is 0 Å². The average Bonchev–Trinajstić information content (AvgIpc) is 2.63. The Labute approximate surface area is 144 Å². The quantitative estimate of drug-likeness (QED) is 0.890. The monoisotopic (exact) mass is 344 g/mol. The van der Waals surface area contributed by atoms with E-state index in [1.165, 1.54) is 6.42 Å². The maximum Gasteiger partial charge on any atom is 0.261 e. The molecule has 0 spiro atoms. The third-order valence-electron chi connectivity index (χ3n) is 4.49. The number of sulfonamides is 1. The van der Waals surface area contributed by atoms with Crippen molar-refractivity contribution in [3.8, 4) is 0 Å². The van der Waals surface area contributed by atoms with Crippen molar-refractivity contribution >= 4 is 21.4 Å². The van der Waals surface area contributed by atoms with Gasteiger partial charge in [-0.15, -0.1) is 0 Å². The minimum Gasteiger partial charge on any atom is -0.370 e. The van der Waals surface area contributed by atoms with Crippen LogP contribution in [0.25, 0.3) is 0 Å². The van der Waals surface area contributed by atoms with Gasteiger partial charge < -0.3 is 4.90 Å². The summed E-state index contributed by atoms with van der Waals surface area (Å²) < 4.78 is 28.2. The molecule has 0 atom stereocenters. The summed E-state index contributed by atoms with van der Waals surface area (Å²) in [4.78, 5) is 2.56. The largest absolute Gasteiger partial charge is 0.370 e. The number of hydrogen-bond donors (Lipinski definition) is 1. The fourth-order valence-corrected chi connectivity index (χ4v) is 4.15. The smallest absolute Gasteiger partial charge is 0.261 e. The molecule has 1 aliphatic rings. The van der Waals surface area contributed by atoms with Crippen LogP contribution in [0.3, 0.4) is 0 Å². The molecule has 1 aliphatic heterocycles. The van der Waals surface area contributed by atoms with Crippen molar-refractivity contribution in [2.75, 3.05) is 22.7 Å². The summed E-state index contributed by atoms with van der Waals surface area (Å²) in [5, 5.41) is 0. The molecule has 0 bridgehead atoms. The van der Waals surface area contributed by atoms with Crippen molar-refractivity contribution in [2.24, 2.45) is 0 Å². The van der Waals surface area contributed by atoms with E-state index in [2.05, 4.69) is 16.5 Å². The lowest BCUT2D eigenvalue weighted by molar-refractivity contribution is 0.578. The predicted molar refractivity (Wildman–Crippen MR) is 99.1 cm³/mol. The highest BCUT2D eigenvalue weighted by molar-refractivity contribution is 7.92. The van der Waals surface area contributed by atoms with Crippen molar-refractivity contribution in [2.45, 2.75) is 37.5 Å². The summed E-state index contributed by atoms with van der Waals surface area (Å²) in [6.45, 7) is 4.00. The van der Waals surface area contributed by atoms with Gasteiger partial charge in [0.05, 0.1) is 16.3 Å². The van der Waals surface area contributed by atoms with Gasteiger partial charge in [0.25, 0.3) is 10.0 Å². The molecule has 2 aromatic rings. The normalized spacial score (nSPS) is 15.3. The van der Waals surface area contributed by atoms with Crippen molar-refractivity contribution in [1.29, 1.82) is 0 Å². The number of hydrogen-bond acceptors (Lipinski definition) is 3. The number of nitrogens with one attached hydrogen (secondary N) is 1. The van der Waals surface area contributed by atoms with E-state index in [4.69, 9.17) is 0 Å². The summed E-state index contributed by atoms with van der Waals surface area (Å²) in [7, 11) is -3.58. The standard InChI is InChI=1S/C19H24N2O2S/c1-2-16-10-12-17(13-11-16)24(22,23)20-18-8-4-5-9-19(18)21-14-6-3-7-15-21/h4-5,8-13,20H,2-3,6-7,14-15H2,1H3. The van der Waals surface area contributed by atoms with E-state index >= 15 is 0 Å². The molecule has 0 aromatic heterocycles. The molecule has 1 N–H and O–H groups in total. The van der Waals surface area contributed by atoms with Gasteiger partial charge in [0.15, 0.2) is 0 Å². The van der Waals surface area contributed by atoms with Gasteiger partial charge in [0.1, 0.15) is 0 Å². The first-order chi connectivity index (χ1) is 11.6. The molecule has 3 rings (SSSR count). The second-order valence-electron chi connectivity index (χ2n) is 6.17. The van der Waals surface area contributed by atoms with Crippen molar-refractivity contribution in [3.63, 3.8) is 0 Å². The number of piperidine rings is 1. The van der Waals surface area contributed by atoms with E-state index < -0.39 is 10.0 Å². The minimum absolute atomic E-state index is 0.299. The first kappa shape index (κ1) is 16.8. The van der Waals surface area contributed by atoms with E-state index in [0.717, 1.165) is 43.6 Å². The van der Waals surface area contributed by atoms with Gasteiger partial charge >= 0.3 is 0 Å². The van der Waals surface area contributed by atoms with Crippen molar-refractivity contribution in [1.82, 2.24) is 0 Å². The highest BCUT2D eigenvalue weighted by Crippen LogP contribution is 2.30. The van der Waals surface area contributed by atoms with Crippen LogP contribution in [0.15, 0.2) is 53.4 Å². The second-order valence-corrected chi connectivity index (χ2v) is 7.85. The zero-order valence-electron chi connectivity index (χ0n) is 14.0. The van der Waals surface area contributed by atoms with Gasteiger partial charge in [0, 0.05) is 13.1 Å². The van der Waals surface area contributed by atoms with E-state index in [1.807, 2.05) is 36.4 Å². The lowest BCUT2D eigenvalue weighted by Crippen LogP contribution is -2.30. The molecule has 2 aromatic carbocycles. The first-order valence-electron chi connectivity index (χ1n) is 8.56. The summed E-state index contributed by atoms with van der Waals surface area (Å²) >= 11 is 0. The zero-order valence-corrected chi connectivity index (χ0v) is 14.8.